The molecule has 3 heterocycles. The van der Waals surface area contributed by atoms with Gasteiger partial charge in [0.05, 0.1) is 43.2 Å². The lowest BCUT2D eigenvalue weighted by molar-refractivity contribution is -0.163. The fraction of sp³-hybridized carbons (Fsp3) is 0.487. The Morgan fingerprint density at radius 3 is 2.44 bits per heavy atom. The number of carbonyl (C=O) groups is 4. The van der Waals surface area contributed by atoms with Crippen molar-refractivity contribution >= 4 is 23.7 Å². The summed E-state index contributed by atoms with van der Waals surface area (Å²) in [4.78, 5) is 59.7. The van der Waals surface area contributed by atoms with Crippen molar-refractivity contribution < 1.29 is 38.5 Å². The van der Waals surface area contributed by atoms with E-state index in [1.54, 1.807) is 29.2 Å². The zero-order valence-corrected chi connectivity index (χ0v) is 28.9. The number of nitrogens with zero attached hydrogens (tertiary/aromatic N) is 2. The number of hydrogen-bond acceptors (Lipinski definition) is 8. The molecule has 0 aromatic heterocycles. The van der Waals surface area contributed by atoms with E-state index in [9.17, 15) is 24.3 Å². The van der Waals surface area contributed by atoms with Crippen molar-refractivity contribution in [2.75, 3.05) is 26.9 Å². The lowest BCUT2D eigenvalue weighted by Crippen LogP contribution is -2.58. The molecule has 3 saturated heterocycles. The van der Waals surface area contributed by atoms with Gasteiger partial charge in [-0.2, -0.15) is 0 Å². The quantitative estimate of drug-likeness (QED) is 0.179. The van der Waals surface area contributed by atoms with Crippen LogP contribution in [0.2, 0.25) is 0 Å². The lowest BCUT2D eigenvalue weighted by Gasteiger charge is -2.39. The Bertz CT molecular complexity index is 1520. The number of methoxy groups -OCH3 is 1. The van der Waals surface area contributed by atoms with E-state index in [1.165, 1.54) is 12.0 Å². The van der Waals surface area contributed by atoms with E-state index in [0.29, 0.717) is 31.2 Å². The largest absolute Gasteiger partial charge is 0.455 e. The van der Waals surface area contributed by atoms with E-state index in [2.05, 4.69) is 18.5 Å². The number of ether oxygens (including phenoxy) is 3. The first-order chi connectivity index (χ1) is 24.2. The Hall–Kier alpha value is -4.32. The predicted molar refractivity (Wildman–Crippen MR) is 186 cm³/mol. The molecule has 2 bridgehead atoms. The highest BCUT2D eigenvalue weighted by Gasteiger charge is 2.75. The van der Waals surface area contributed by atoms with E-state index in [0.717, 1.165) is 5.56 Å². The summed E-state index contributed by atoms with van der Waals surface area (Å²) in [5.74, 6) is -3.62. The van der Waals surface area contributed by atoms with Gasteiger partial charge in [-0.05, 0) is 36.8 Å². The summed E-state index contributed by atoms with van der Waals surface area (Å²) in [6.07, 6.45) is 3.64. The Kier molecular flexibility index (Phi) is 12.3. The normalized spacial score (nSPS) is 25.3. The summed E-state index contributed by atoms with van der Waals surface area (Å²) in [7, 11) is 1.50. The average molecular weight is 688 g/mol. The molecule has 50 heavy (non-hydrogen) atoms. The third-order valence-electron chi connectivity index (χ3n) is 10.2. The molecule has 3 fully saturated rings. The zero-order chi connectivity index (χ0) is 35.8. The Balaban J connectivity index is 1.49. The van der Waals surface area contributed by atoms with Gasteiger partial charge in [0.2, 0.25) is 17.7 Å². The maximum atomic E-state index is 14.7. The predicted octanol–water partition coefficient (Wildman–Crippen LogP) is 3.73. The van der Waals surface area contributed by atoms with Crippen molar-refractivity contribution in [1.82, 2.24) is 15.1 Å². The summed E-state index contributed by atoms with van der Waals surface area (Å²) in [5.41, 5.74) is 0.272. The molecular formula is C39H49N3O8. The Labute approximate surface area is 294 Å². The van der Waals surface area contributed by atoms with Gasteiger partial charge < -0.3 is 34.4 Å². The summed E-state index contributed by atoms with van der Waals surface area (Å²) < 4.78 is 18.4. The van der Waals surface area contributed by atoms with Crippen molar-refractivity contribution in [3.63, 3.8) is 0 Å². The van der Waals surface area contributed by atoms with E-state index in [1.807, 2.05) is 55.5 Å². The van der Waals surface area contributed by atoms with Crippen LogP contribution in [0.3, 0.4) is 0 Å². The highest BCUT2D eigenvalue weighted by atomic mass is 16.6. The zero-order valence-electron chi connectivity index (χ0n) is 28.9. The third kappa shape index (κ3) is 7.26. The smallest absolute Gasteiger partial charge is 0.313 e. The molecule has 3 amide bonds. The molecule has 0 saturated carbocycles. The van der Waals surface area contributed by atoms with Gasteiger partial charge in [0, 0.05) is 26.6 Å². The summed E-state index contributed by atoms with van der Waals surface area (Å²) in [5, 5.41) is 13.4. The van der Waals surface area contributed by atoms with Crippen LogP contribution in [0.25, 0.3) is 0 Å². The number of amides is 3. The minimum absolute atomic E-state index is 0.0587. The number of benzene rings is 2. The second-order valence-corrected chi connectivity index (χ2v) is 13.3. The molecule has 11 heteroatoms. The lowest BCUT2D eigenvalue weighted by atomic mass is 9.70. The van der Waals surface area contributed by atoms with Crippen LogP contribution < -0.4 is 5.32 Å². The Morgan fingerprint density at radius 2 is 1.82 bits per heavy atom. The topological polar surface area (TPSA) is 135 Å². The molecule has 2 aromatic rings. The van der Waals surface area contributed by atoms with Gasteiger partial charge in [-0.3, -0.25) is 19.2 Å². The van der Waals surface area contributed by atoms with Crippen LogP contribution in [-0.4, -0.2) is 95.3 Å². The molecule has 8 atom stereocenters. The first-order valence-corrected chi connectivity index (χ1v) is 17.4. The highest BCUT2D eigenvalue weighted by molar-refractivity contribution is 5.98. The van der Waals surface area contributed by atoms with Crippen molar-refractivity contribution in [3.05, 3.63) is 97.1 Å². The van der Waals surface area contributed by atoms with Gasteiger partial charge >= 0.3 is 5.97 Å². The number of allylic oxidation sites excluding steroid dienone is 1. The molecule has 268 valence electrons. The van der Waals surface area contributed by atoms with Crippen LogP contribution in [0.4, 0.5) is 0 Å². The summed E-state index contributed by atoms with van der Waals surface area (Å²) in [6.45, 7) is 9.62. The number of aliphatic hydroxyl groups is 1. The first kappa shape index (κ1) is 36.9. The SMILES string of the molecule is C=CCCC(=O)N[C@@H](COC)[C@@H](OC(=O)[C@@H]1[C@H]2C(=O)N([C@@H](CC)CO)[C@H](C(=O)N(CC=C)Cc3ccccc3)[C@]23CC[C@H]1O3)c1ccccc1. The van der Waals surface area contributed by atoms with Crippen LogP contribution in [0.15, 0.2) is 86.0 Å². The minimum atomic E-state index is -1.28. The number of nitrogens with one attached hydrogen (secondary N) is 1. The van der Waals surface area contributed by atoms with E-state index >= 15 is 0 Å². The second kappa shape index (κ2) is 16.6. The monoisotopic (exact) mass is 687 g/mol. The maximum Gasteiger partial charge on any atom is 0.313 e. The fourth-order valence-electron chi connectivity index (χ4n) is 7.94. The first-order valence-electron chi connectivity index (χ1n) is 17.4. The van der Waals surface area contributed by atoms with E-state index in [-0.39, 0.29) is 44.5 Å². The molecule has 2 aromatic carbocycles. The molecule has 3 aliphatic rings. The van der Waals surface area contributed by atoms with Gasteiger partial charge in [-0.15, -0.1) is 13.2 Å². The maximum absolute atomic E-state index is 14.7. The minimum Gasteiger partial charge on any atom is -0.455 e. The second-order valence-electron chi connectivity index (χ2n) is 13.3. The van der Waals surface area contributed by atoms with Gasteiger partial charge in [0.1, 0.15) is 17.7 Å². The number of fused-ring (bicyclic) bond motifs is 1. The molecule has 0 unspecified atom stereocenters. The van der Waals surface area contributed by atoms with Crippen molar-refractivity contribution in [3.8, 4) is 0 Å². The molecule has 0 aliphatic carbocycles. The molecule has 11 nitrogen and oxygen atoms in total. The van der Waals surface area contributed by atoms with Gasteiger partial charge in [-0.25, -0.2) is 0 Å². The van der Waals surface area contributed by atoms with Gasteiger partial charge in [0.15, 0.2) is 0 Å². The fourth-order valence-corrected chi connectivity index (χ4v) is 7.94. The number of esters is 1. The van der Waals surface area contributed by atoms with Crippen molar-refractivity contribution in [2.45, 2.75) is 81.5 Å². The number of hydrogen-bond donors (Lipinski definition) is 2. The van der Waals surface area contributed by atoms with Crippen LogP contribution in [0.5, 0.6) is 0 Å². The van der Waals surface area contributed by atoms with Gasteiger partial charge in [0.25, 0.3) is 0 Å². The van der Waals surface area contributed by atoms with Crippen LogP contribution in [0, 0.1) is 11.8 Å². The highest BCUT2D eigenvalue weighted by Crippen LogP contribution is 2.59. The molecule has 1 spiro atoms. The molecular weight excluding hydrogens is 638 g/mol. The number of rotatable bonds is 18. The summed E-state index contributed by atoms with van der Waals surface area (Å²) >= 11 is 0. The van der Waals surface area contributed by atoms with E-state index in [4.69, 9.17) is 14.2 Å². The molecule has 2 N–H and O–H groups in total. The number of aliphatic hydroxyl groups excluding tert-OH is 1. The molecule has 0 radical (unpaired) electrons. The van der Waals surface area contributed by atoms with Crippen molar-refractivity contribution in [1.29, 1.82) is 0 Å². The summed E-state index contributed by atoms with van der Waals surface area (Å²) in [6, 6.07) is 16.2. The average Bonchev–Trinajstić information content (AvgIpc) is 3.78. The van der Waals surface area contributed by atoms with Gasteiger partial charge in [-0.1, -0.05) is 79.7 Å². The van der Waals surface area contributed by atoms with Crippen LogP contribution >= 0.6 is 0 Å². The number of likely N-dealkylation sites (tertiary alicyclic amines) is 1. The number of carbonyl (C=O) groups excluding carboxylic acids is 4. The molecule has 5 rings (SSSR count). The van der Waals surface area contributed by atoms with Crippen LogP contribution in [-0.2, 0) is 39.9 Å². The standard InChI is InChI=1S/C39H49N3O8/c1-5-8-19-31(44)40-29(25-48-4)34(27-17-13-10-14-18-27)49-38(47)32-30-20-21-39(50-30)33(32)36(45)42(28(7-3)24-43)35(39)37(46)41(22-6-2)23-26-15-11-9-12-16-26/h5-6,9-18,28-30,32-35,43H,1-2,7-8,19-25H2,3-4H3,(H,40,44)/t28-,29-,30+,32-,33-,34-,35+,39-/m0/s1. The third-order valence-corrected chi connectivity index (χ3v) is 10.2. The molecule has 3 aliphatic heterocycles. The van der Waals surface area contributed by atoms with Crippen LogP contribution in [0.1, 0.15) is 56.3 Å². The van der Waals surface area contributed by atoms with Crippen molar-refractivity contribution in [2.24, 2.45) is 11.8 Å². The Morgan fingerprint density at radius 1 is 1.12 bits per heavy atom. The van der Waals surface area contributed by atoms with E-state index < -0.39 is 59.6 Å².